The van der Waals surface area contributed by atoms with Gasteiger partial charge < -0.3 is 14.9 Å². The molecule has 0 unspecified atom stereocenters. The van der Waals surface area contributed by atoms with E-state index < -0.39 is 34.7 Å². The van der Waals surface area contributed by atoms with Crippen LogP contribution in [0.5, 0.6) is 5.75 Å². The molecule has 2 N–H and O–H groups in total. The first kappa shape index (κ1) is 24.0. The highest BCUT2D eigenvalue weighted by Gasteiger charge is 2.32. The molecule has 1 amide bonds. The third-order valence-electron chi connectivity index (χ3n) is 6.68. The minimum atomic E-state index is -0.780. The maximum Gasteiger partial charge on any atom is 0.296 e. The number of nitrogens with one attached hydrogen (secondary N) is 1. The van der Waals surface area contributed by atoms with E-state index in [4.69, 9.17) is 4.52 Å². The van der Waals surface area contributed by atoms with Crippen LogP contribution in [0.15, 0.2) is 58.4 Å². The molecule has 0 aliphatic heterocycles. The molecule has 1 fully saturated rings. The third kappa shape index (κ3) is 4.73. The number of carbonyl (C=O) groups is 1. The van der Waals surface area contributed by atoms with Gasteiger partial charge in [-0.2, -0.15) is 10.4 Å². The van der Waals surface area contributed by atoms with Crippen molar-refractivity contribution in [3.8, 4) is 11.8 Å². The van der Waals surface area contributed by atoms with Gasteiger partial charge in [0.2, 0.25) is 5.75 Å². The van der Waals surface area contributed by atoms with Crippen molar-refractivity contribution >= 4 is 11.6 Å². The number of anilines is 1. The van der Waals surface area contributed by atoms with E-state index in [9.17, 15) is 20.0 Å². The second-order valence-corrected chi connectivity index (χ2v) is 9.30. The second kappa shape index (κ2) is 9.73. The molecule has 11 nitrogen and oxygen atoms in total. The Bertz CT molecular complexity index is 1540. The molecule has 5 rings (SSSR count). The normalized spacial score (nSPS) is 14.6. The molecular weight excluding hydrogens is 474 g/mol. The van der Waals surface area contributed by atoms with Crippen LogP contribution in [-0.4, -0.2) is 35.5 Å². The fraction of sp³-hybridized carbons (Fsp3) is 0.308. The summed E-state index contributed by atoms with van der Waals surface area (Å²) in [4.78, 5) is 30.3. The van der Waals surface area contributed by atoms with Crippen LogP contribution in [0.25, 0.3) is 0 Å². The zero-order valence-electron chi connectivity index (χ0n) is 20.3. The first-order valence-electron chi connectivity index (χ1n) is 11.9. The van der Waals surface area contributed by atoms with E-state index in [0.29, 0.717) is 11.5 Å². The first-order chi connectivity index (χ1) is 17.9. The molecule has 1 saturated carbocycles. The van der Waals surface area contributed by atoms with E-state index in [2.05, 4.69) is 26.6 Å². The molecule has 0 bridgehead atoms. The quantitative estimate of drug-likeness (QED) is 0.375. The maximum absolute atomic E-state index is 13.0. The zero-order chi connectivity index (χ0) is 26.1. The minimum Gasteiger partial charge on any atom is -0.501 e. The number of nitrogens with zero attached hydrogens (tertiary/aromatic N) is 6. The van der Waals surface area contributed by atoms with Crippen LogP contribution in [0.2, 0.25) is 0 Å². The Labute approximate surface area is 212 Å². The lowest BCUT2D eigenvalue weighted by molar-refractivity contribution is 0.101. The number of rotatable bonds is 8. The van der Waals surface area contributed by atoms with Gasteiger partial charge in [-0.15, -0.1) is 0 Å². The lowest BCUT2D eigenvalue weighted by Crippen LogP contribution is -2.29. The van der Waals surface area contributed by atoms with Gasteiger partial charge >= 0.3 is 0 Å². The van der Waals surface area contributed by atoms with Gasteiger partial charge in [0.25, 0.3) is 11.5 Å². The van der Waals surface area contributed by atoms with Gasteiger partial charge in [0.05, 0.1) is 24.0 Å². The molecule has 1 aliphatic carbocycles. The molecule has 0 saturated heterocycles. The number of aromatic hydroxyl groups is 1. The van der Waals surface area contributed by atoms with Crippen molar-refractivity contribution in [2.24, 2.45) is 13.0 Å². The molecule has 11 heteroatoms. The summed E-state index contributed by atoms with van der Waals surface area (Å²) in [5.41, 5.74) is 1.18. The van der Waals surface area contributed by atoms with E-state index in [1.54, 1.807) is 18.3 Å². The number of amides is 1. The Morgan fingerprint density at radius 1 is 1.32 bits per heavy atom. The highest BCUT2D eigenvalue weighted by molar-refractivity contribution is 6.04. The van der Waals surface area contributed by atoms with Crippen molar-refractivity contribution in [2.75, 3.05) is 5.32 Å². The Morgan fingerprint density at radius 3 is 2.81 bits per heavy atom. The van der Waals surface area contributed by atoms with Crippen molar-refractivity contribution in [1.29, 1.82) is 5.26 Å². The Hall–Kier alpha value is -4.72. The summed E-state index contributed by atoms with van der Waals surface area (Å²) in [6.07, 6.45) is 8.61. The number of hydrogen-bond donors (Lipinski definition) is 2. The van der Waals surface area contributed by atoms with Crippen molar-refractivity contribution in [2.45, 2.75) is 38.1 Å². The lowest BCUT2D eigenvalue weighted by atomic mass is 9.80. The molecule has 0 spiro atoms. The van der Waals surface area contributed by atoms with E-state index in [0.717, 1.165) is 17.7 Å². The number of carbonyl (C=O) groups excluding carboxylic acids is 1. The monoisotopic (exact) mass is 499 g/mol. The average molecular weight is 500 g/mol. The molecule has 2 atom stereocenters. The third-order valence-corrected chi connectivity index (χ3v) is 6.68. The van der Waals surface area contributed by atoms with Gasteiger partial charge in [0.1, 0.15) is 17.8 Å². The number of benzene rings is 1. The summed E-state index contributed by atoms with van der Waals surface area (Å²) in [7, 11) is 1.49. The summed E-state index contributed by atoms with van der Waals surface area (Å²) in [6, 6.07) is 9.51. The van der Waals surface area contributed by atoms with Crippen molar-refractivity contribution < 1.29 is 14.4 Å². The average Bonchev–Trinajstić information content (AvgIpc) is 3.34. The van der Waals surface area contributed by atoms with Crippen LogP contribution in [0, 0.1) is 17.2 Å². The molecule has 1 aliphatic rings. The molecule has 188 valence electrons. The summed E-state index contributed by atoms with van der Waals surface area (Å²) in [5, 5.41) is 30.9. The topological polar surface area (TPSA) is 152 Å². The summed E-state index contributed by atoms with van der Waals surface area (Å²) >= 11 is 0. The molecular formula is C26H25N7O4. The number of hydrogen-bond acceptors (Lipinski definition) is 8. The predicted molar refractivity (Wildman–Crippen MR) is 132 cm³/mol. The molecule has 3 aromatic heterocycles. The molecule has 37 heavy (non-hydrogen) atoms. The van der Waals surface area contributed by atoms with Crippen LogP contribution in [-0.2, 0) is 13.6 Å². The van der Waals surface area contributed by atoms with Gasteiger partial charge in [-0.3, -0.25) is 18.8 Å². The largest absolute Gasteiger partial charge is 0.501 e. The Morgan fingerprint density at radius 2 is 2.11 bits per heavy atom. The number of aromatic nitrogens is 5. The Kier molecular flexibility index (Phi) is 6.31. The van der Waals surface area contributed by atoms with Crippen LogP contribution in [0.4, 0.5) is 5.69 Å². The minimum absolute atomic E-state index is 0.255. The van der Waals surface area contributed by atoms with E-state index >= 15 is 0 Å². The van der Waals surface area contributed by atoms with Crippen LogP contribution >= 0.6 is 0 Å². The summed E-state index contributed by atoms with van der Waals surface area (Å²) < 4.78 is 7.85. The van der Waals surface area contributed by atoms with E-state index in [1.165, 1.54) is 36.9 Å². The molecule has 3 heterocycles. The SMILES string of the molecule is C[C@@H](c1nc(C(=O)Nc2cnoc2)c(O)c(=O)n1C)[C@@H](c1cnn(CC2CC2)c1)c1ccccc1C#N. The van der Waals surface area contributed by atoms with Crippen molar-refractivity contribution in [1.82, 2.24) is 24.5 Å². The fourth-order valence-electron chi connectivity index (χ4n) is 4.59. The summed E-state index contributed by atoms with van der Waals surface area (Å²) in [5.74, 6) is -1.53. The van der Waals surface area contributed by atoms with Gasteiger partial charge in [-0.1, -0.05) is 30.3 Å². The van der Waals surface area contributed by atoms with Crippen LogP contribution < -0.4 is 10.9 Å². The maximum atomic E-state index is 13.0. The summed E-state index contributed by atoms with van der Waals surface area (Å²) in [6.45, 7) is 2.70. The standard InChI is InChI=1S/C26H25N7O4/c1-15(24-31-22(23(34)26(36)32(24)2)25(35)30-19-11-29-37-14-19)21(20-6-4-3-5-17(20)9-27)18-10-28-33(13-18)12-16-7-8-16/h3-6,10-11,13-16,21,34H,7-8,12H2,1-2H3,(H,30,35)/t15-,21+/m1/s1. The van der Waals surface area contributed by atoms with Gasteiger partial charge in [0.15, 0.2) is 5.69 Å². The van der Waals surface area contributed by atoms with Crippen molar-refractivity contribution in [3.63, 3.8) is 0 Å². The highest BCUT2D eigenvalue weighted by Crippen LogP contribution is 2.39. The van der Waals surface area contributed by atoms with Gasteiger partial charge in [-0.05, 0) is 36.0 Å². The molecule has 0 radical (unpaired) electrons. The molecule has 4 aromatic rings. The van der Waals surface area contributed by atoms with E-state index in [1.807, 2.05) is 29.9 Å². The van der Waals surface area contributed by atoms with Gasteiger partial charge in [0, 0.05) is 31.6 Å². The highest BCUT2D eigenvalue weighted by atomic mass is 16.5. The Balaban J connectivity index is 1.60. The van der Waals surface area contributed by atoms with Crippen LogP contribution in [0.1, 0.15) is 64.6 Å². The zero-order valence-corrected chi connectivity index (χ0v) is 20.3. The van der Waals surface area contributed by atoms with Crippen LogP contribution in [0.3, 0.4) is 0 Å². The predicted octanol–water partition coefficient (Wildman–Crippen LogP) is 3.14. The second-order valence-electron chi connectivity index (χ2n) is 9.30. The van der Waals surface area contributed by atoms with E-state index in [-0.39, 0.29) is 11.5 Å². The number of nitriles is 1. The van der Waals surface area contributed by atoms with Crippen molar-refractivity contribution in [3.05, 3.63) is 87.7 Å². The lowest BCUT2D eigenvalue weighted by Gasteiger charge is -2.26. The molecule has 1 aromatic carbocycles. The smallest absolute Gasteiger partial charge is 0.296 e. The fourth-order valence-corrected chi connectivity index (χ4v) is 4.59. The first-order valence-corrected chi connectivity index (χ1v) is 11.9. The van der Waals surface area contributed by atoms with Gasteiger partial charge in [-0.25, -0.2) is 4.98 Å².